The van der Waals surface area contributed by atoms with Gasteiger partial charge in [0.15, 0.2) is 0 Å². The molecule has 112 valence electrons. The lowest BCUT2D eigenvalue weighted by Crippen LogP contribution is -2.43. The summed E-state index contributed by atoms with van der Waals surface area (Å²) in [4.78, 5) is 16.1. The largest absolute Gasteiger partial charge is 0.398 e. The number of nitrogen functional groups attached to an aromatic ring is 1. The van der Waals surface area contributed by atoms with Crippen molar-refractivity contribution in [2.45, 2.75) is 32.7 Å². The molecule has 0 aliphatic carbocycles. The third-order valence-corrected chi connectivity index (χ3v) is 3.88. The molecular weight excluding hydrogens is 274 g/mol. The van der Waals surface area contributed by atoms with Crippen LogP contribution >= 0.6 is 12.4 Å². The van der Waals surface area contributed by atoms with Crippen LogP contribution in [0.5, 0.6) is 0 Å². The molecule has 20 heavy (non-hydrogen) atoms. The first kappa shape index (κ1) is 16.6. The average molecular weight is 298 g/mol. The molecule has 2 rings (SSSR count). The minimum atomic E-state index is 0. The second-order valence-electron chi connectivity index (χ2n) is 5.47. The molecule has 1 aliphatic rings. The number of fused-ring (bicyclic) bond motifs is 1. The van der Waals surface area contributed by atoms with Crippen LogP contribution in [0.3, 0.4) is 0 Å². The lowest BCUT2D eigenvalue weighted by molar-refractivity contribution is -0.129. The summed E-state index contributed by atoms with van der Waals surface area (Å²) in [7, 11) is 1.86. The van der Waals surface area contributed by atoms with Crippen molar-refractivity contribution in [2.75, 3.05) is 30.8 Å². The standard InChI is InChI=1S/C15H23N3O.ClH/c1-11(2)17(3)15(19)10-18-9-5-6-12-13(16)7-4-8-14(12)18;/h4,7-8,11H,5-6,9-10,16H2,1-3H3;1H. The zero-order valence-electron chi connectivity index (χ0n) is 12.4. The molecule has 0 saturated carbocycles. The molecule has 1 heterocycles. The Morgan fingerprint density at radius 1 is 1.45 bits per heavy atom. The van der Waals surface area contributed by atoms with Crippen molar-refractivity contribution in [3.05, 3.63) is 23.8 Å². The van der Waals surface area contributed by atoms with Crippen molar-refractivity contribution in [3.63, 3.8) is 0 Å². The molecule has 0 unspecified atom stereocenters. The fourth-order valence-corrected chi connectivity index (χ4v) is 2.45. The number of anilines is 2. The topological polar surface area (TPSA) is 49.6 Å². The molecule has 0 saturated heterocycles. The Bertz CT molecular complexity index is 476. The van der Waals surface area contributed by atoms with Crippen molar-refractivity contribution >= 4 is 29.7 Å². The molecule has 0 spiro atoms. The lowest BCUT2D eigenvalue weighted by Gasteiger charge is -2.33. The summed E-state index contributed by atoms with van der Waals surface area (Å²) in [5, 5.41) is 0. The summed E-state index contributed by atoms with van der Waals surface area (Å²) in [5.41, 5.74) is 9.17. The van der Waals surface area contributed by atoms with Crippen LogP contribution in [-0.2, 0) is 11.2 Å². The van der Waals surface area contributed by atoms with Gasteiger partial charge in [-0.1, -0.05) is 6.07 Å². The van der Waals surface area contributed by atoms with E-state index in [2.05, 4.69) is 11.0 Å². The van der Waals surface area contributed by atoms with E-state index in [1.165, 1.54) is 5.56 Å². The normalized spacial score (nSPS) is 13.7. The quantitative estimate of drug-likeness (QED) is 0.871. The molecule has 0 radical (unpaired) electrons. The lowest BCUT2D eigenvalue weighted by atomic mass is 10.00. The van der Waals surface area contributed by atoms with Gasteiger partial charge in [-0.25, -0.2) is 0 Å². The maximum Gasteiger partial charge on any atom is 0.242 e. The molecule has 5 heteroatoms. The summed E-state index contributed by atoms with van der Waals surface area (Å²) < 4.78 is 0. The Hall–Kier alpha value is -1.42. The van der Waals surface area contributed by atoms with E-state index in [0.717, 1.165) is 30.8 Å². The fraction of sp³-hybridized carbons (Fsp3) is 0.533. The SMILES string of the molecule is CC(C)N(C)C(=O)CN1CCCc2c(N)cccc21.Cl. The predicted octanol–water partition coefficient (Wildman–Crippen LogP) is 2.31. The Morgan fingerprint density at radius 2 is 2.15 bits per heavy atom. The van der Waals surface area contributed by atoms with E-state index >= 15 is 0 Å². The number of amides is 1. The Balaban J connectivity index is 0.00000200. The third-order valence-electron chi connectivity index (χ3n) is 3.88. The molecule has 1 aromatic carbocycles. The summed E-state index contributed by atoms with van der Waals surface area (Å²) >= 11 is 0. The number of benzene rings is 1. The van der Waals surface area contributed by atoms with E-state index in [9.17, 15) is 4.79 Å². The first-order chi connectivity index (χ1) is 9.00. The fourth-order valence-electron chi connectivity index (χ4n) is 2.45. The second kappa shape index (κ2) is 6.84. The molecule has 1 amide bonds. The molecule has 4 nitrogen and oxygen atoms in total. The van der Waals surface area contributed by atoms with E-state index < -0.39 is 0 Å². The van der Waals surface area contributed by atoms with Crippen LogP contribution in [0.2, 0.25) is 0 Å². The predicted molar refractivity (Wildman–Crippen MR) is 86.5 cm³/mol. The van der Waals surface area contributed by atoms with Crippen molar-refractivity contribution in [1.29, 1.82) is 0 Å². The summed E-state index contributed by atoms with van der Waals surface area (Å²) in [5.74, 6) is 0.158. The molecule has 0 atom stereocenters. The number of carbonyl (C=O) groups excluding carboxylic acids is 1. The minimum Gasteiger partial charge on any atom is -0.398 e. The molecule has 0 aromatic heterocycles. The molecular formula is C15H24ClN3O. The minimum absolute atomic E-state index is 0. The molecule has 1 aromatic rings. The maximum atomic E-state index is 12.2. The van der Waals surface area contributed by atoms with Crippen LogP contribution in [0.25, 0.3) is 0 Å². The van der Waals surface area contributed by atoms with Crippen LogP contribution in [-0.4, -0.2) is 37.0 Å². The van der Waals surface area contributed by atoms with E-state index in [1.54, 1.807) is 4.90 Å². The van der Waals surface area contributed by atoms with Crippen LogP contribution in [0.4, 0.5) is 11.4 Å². The maximum absolute atomic E-state index is 12.2. The van der Waals surface area contributed by atoms with Gasteiger partial charge in [0.25, 0.3) is 0 Å². The van der Waals surface area contributed by atoms with Gasteiger partial charge in [0, 0.05) is 31.0 Å². The number of hydrogen-bond donors (Lipinski definition) is 1. The summed E-state index contributed by atoms with van der Waals surface area (Å²) in [6.45, 7) is 5.42. The van der Waals surface area contributed by atoms with Gasteiger partial charge in [-0.05, 0) is 44.4 Å². The number of likely N-dealkylation sites (N-methyl/N-ethyl adjacent to an activating group) is 1. The zero-order valence-corrected chi connectivity index (χ0v) is 13.2. The van der Waals surface area contributed by atoms with Crippen molar-refractivity contribution in [2.24, 2.45) is 0 Å². The Morgan fingerprint density at radius 3 is 2.80 bits per heavy atom. The van der Waals surface area contributed by atoms with E-state index in [-0.39, 0.29) is 24.4 Å². The van der Waals surface area contributed by atoms with Gasteiger partial charge in [0.2, 0.25) is 5.91 Å². The van der Waals surface area contributed by atoms with Crippen molar-refractivity contribution < 1.29 is 4.79 Å². The van der Waals surface area contributed by atoms with Crippen LogP contribution in [0.15, 0.2) is 18.2 Å². The van der Waals surface area contributed by atoms with Gasteiger partial charge in [-0.2, -0.15) is 0 Å². The summed E-state index contributed by atoms with van der Waals surface area (Å²) in [6, 6.07) is 6.19. The number of nitrogens with zero attached hydrogens (tertiary/aromatic N) is 2. The number of halogens is 1. The van der Waals surface area contributed by atoms with Crippen molar-refractivity contribution in [3.8, 4) is 0 Å². The smallest absolute Gasteiger partial charge is 0.242 e. The van der Waals surface area contributed by atoms with Gasteiger partial charge in [-0.15, -0.1) is 12.4 Å². The van der Waals surface area contributed by atoms with Gasteiger partial charge in [0.05, 0.1) is 6.54 Å². The highest BCUT2D eigenvalue weighted by Gasteiger charge is 2.22. The first-order valence-corrected chi connectivity index (χ1v) is 6.88. The molecule has 2 N–H and O–H groups in total. The number of hydrogen-bond acceptors (Lipinski definition) is 3. The van der Waals surface area contributed by atoms with E-state index in [0.29, 0.717) is 6.54 Å². The third kappa shape index (κ3) is 3.37. The Kier molecular flexibility index (Phi) is 5.69. The monoisotopic (exact) mass is 297 g/mol. The van der Waals surface area contributed by atoms with Crippen LogP contribution in [0.1, 0.15) is 25.8 Å². The van der Waals surface area contributed by atoms with E-state index in [1.807, 2.05) is 33.0 Å². The molecule has 1 aliphatic heterocycles. The molecule has 0 bridgehead atoms. The molecule has 0 fully saturated rings. The van der Waals surface area contributed by atoms with Crippen molar-refractivity contribution in [1.82, 2.24) is 4.90 Å². The van der Waals surface area contributed by atoms with Crippen LogP contribution < -0.4 is 10.6 Å². The van der Waals surface area contributed by atoms with Gasteiger partial charge in [-0.3, -0.25) is 4.79 Å². The van der Waals surface area contributed by atoms with Crippen LogP contribution in [0, 0.1) is 0 Å². The second-order valence-corrected chi connectivity index (χ2v) is 5.47. The highest BCUT2D eigenvalue weighted by molar-refractivity contribution is 5.85. The number of rotatable bonds is 3. The van der Waals surface area contributed by atoms with Gasteiger partial charge >= 0.3 is 0 Å². The number of carbonyl (C=O) groups is 1. The highest BCUT2D eigenvalue weighted by atomic mass is 35.5. The Labute approximate surface area is 127 Å². The highest BCUT2D eigenvalue weighted by Crippen LogP contribution is 2.31. The first-order valence-electron chi connectivity index (χ1n) is 6.88. The van der Waals surface area contributed by atoms with E-state index in [4.69, 9.17) is 5.73 Å². The average Bonchev–Trinajstić information content (AvgIpc) is 2.39. The van der Waals surface area contributed by atoms with Gasteiger partial charge < -0.3 is 15.5 Å². The van der Waals surface area contributed by atoms with Gasteiger partial charge in [0.1, 0.15) is 0 Å². The number of nitrogens with two attached hydrogens (primary N) is 1. The zero-order chi connectivity index (χ0) is 14.0. The summed E-state index contributed by atoms with van der Waals surface area (Å²) in [6.07, 6.45) is 2.06.